The summed E-state index contributed by atoms with van der Waals surface area (Å²) in [5.74, 6) is 0.407. The Morgan fingerprint density at radius 1 is 1.20 bits per heavy atom. The zero-order chi connectivity index (χ0) is 22.2. The van der Waals surface area contributed by atoms with E-state index in [0.29, 0.717) is 32.9 Å². The molecule has 0 fully saturated rings. The number of nitrogens with zero attached hydrogens (tertiary/aromatic N) is 1. The van der Waals surface area contributed by atoms with E-state index < -0.39 is 30.2 Å². The smallest absolute Gasteiger partial charge is 0.418 e. The van der Waals surface area contributed by atoms with Gasteiger partial charge in [-0.2, -0.15) is 18.3 Å². The second-order valence-corrected chi connectivity index (χ2v) is 8.36. The van der Waals surface area contributed by atoms with Gasteiger partial charge >= 0.3 is 6.18 Å². The van der Waals surface area contributed by atoms with Crippen molar-refractivity contribution in [2.24, 2.45) is 0 Å². The van der Waals surface area contributed by atoms with Crippen LogP contribution in [-0.2, 0) is 5.41 Å². The van der Waals surface area contributed by atoms with Gasteiger partial charge in [0.1, 0.15) is 5.75 Å². The highest BCUT2D eigenvalue weighted by molar-refractivity contribution is 6.30. The number of aromatic nitrogens is 2. The quantitative estimate of drug-likeness (QED) is 0.465. The molecule has 0 aliphatic carbocycles. The lowest BCUT2D eigenvalue weighted by atomic mass is 9.74. The van der Waals surface area contributed by atoms with Crippen molar-refractivity contribution in [2.45, 2.75) is 37.5 Å². The van der Waals surface area contributed by atoms with Crippen LogP contribution in [0.5, 0.6) is 5.75 Å². The Bertz CT molecular complexity index is 1040. The van der Waals surface area contributed by atoms with E-state index in [1.165, 1.54) is 13.3 Å². The summed E-state index contributed by atoms with van der Waals surface area (Å²) in [5, 5.41) is 21.2. The number of methoxy groups -OCH3 is 1. The van der Waals surface area contributed by atoms with Crippen molar-refractivity contribution in [3.63, 3.8) is 0 Å². The fourth-order valence-corrected chi connectivity index (χ4v) is 3.83. The second kappa shape index (κ2) is 8.00. The van der Waals surface area contributed by atoms with Crippen LogP contribution in [0.2, 0.25) is 5.02 Å². The maximum atomic E-state index is 14.0. The molecule has 3 N–H and O–H groups in total. The van der Waals surface area contributed by atoms with Crippen molar-refractivity contribution in [2.75, 3.05) is 19.0 Å². The number of fused-ring (bicyclic) bond motifs is 1. The topological polar surface area (TPSA) is 70.2 Å². The Hall–Kier alpha value is -2.45. The van der Waals surface area contributed by atoms with Crippen molar-refractivity contribution >= 4 is 28.2 Å². The lowest BCUT2D eigenvalue weighted by molar-refractivity contribution is -0.260. The van der Waals surface area contributed by atoms with Gasteiger partial charge in [-0.05, 0) is 42.2 Å². The Labute approximate surface area is 177 Å². The molecule has 0 saturated carbocycles. The van der Waals surface area contributed by atoms with Crippen LogP contribution in [0.15, 0.2) is 42.6 Å². The highest BCUT2D eigenvalue weighted by Crippen LogP contribution is 2.44. The molecule has 1 heterocycles. The summed E-state index contributed by atoms with van der Waals surface area (Å²) in [5.41, 5.74) is -2.49. The summed E-state index contributed by atoms with van der Waals surface area (Å²) in [6.45, 7) is 2.51. The standard InChI is InChI=1S/C21H23ClF3N3O2/c1-19(2,15-9-13(22)7-8-18(15)30-3)11-20(29,21(23,24)25)12-26-16-5-4-6-17-14(16)10-27-28-17/h4-10,26,29H,11-12H2,1-3H3,(H,27,28). The number of H-pyrrole nitrogens is 1. The Balaban J connectivity index is 1.92. The molecule has 0 radical (unpaired) electrons. The first-order chi connectivity index (χ1) is 14.0. The largest absolute Gasteiger partial charge is 0.496 e. The van der Waals surface area contributed by atoms with Crippen molar-refractivity contribution in [1.82, 2.24) is 10.2 Å². The molecule has 3 aromatic rings. The van der Waals surface area contributed by atoms with E-state index in [2.05, 4.69) is 15.5 Å². The number of alkyl halides is 3. The molecule has 0 saturated heterocycles. The summed E-state index contributed by atoms with van der Waals surface area (Å²) in [6.07, 6.45) is -3.95. The van der Waals surface area contributed by atoms with Crippen molar-refractivity contribution in [3.8, 4) is 5.75 Å². The minimum Gasteiger partial charge on any atom is -0.496 e. The van der Waals surface area contributed by atoms with Gasteiger partial charge in [0.25, 0.3) is 0 Å². The third-order valence-corrected chi connectivity index (χ3v) is 5.44. The molecule has 5 nitrogen and oxygen atoms in total. The number of aliphatic hydroxyl groups is 1. The van der Waals surface area contributed by atoms with Crippen LogP contribution < -0.4 is 10.1 Å². The van der Waals surface area contributed by atoms with Crippen molar-refractivity contribution < 1.29 is 23.0 Å². The fourth-order valence-electron chi connectivity index (χ4n) is 3.66. The van der Waals surface area contributed by atoms with Crippen LogP contribution in [0.3, 0.4) is 0 Å². The van der Waals surface area contributed by atoms with E-state index in [4.69, 9.17) is 16.3 Å². The summed E-state index contributed by atoms with van der Waals surface area (Å²) < 4.78 is 47.3. The SMILES string of the molecule is COc1ccc(Cl)cc1C(C)(C)CC(O)(CNc1cccc2[nH]ncc12)C(F)(F)F. The molecule has 1 unspecified atom stereocenters. The number of hydrogen-bond donors (Lipinski definition) is 3. The van der Waals surface area contributed by atoms with Gasteiger partial charge in [0, 0.05) is 21.7 Å². The molecule has 0 aliphatic rings. The number of anilines is 1. The van der Waals surface area contributed by atoms with E-state index in [9.17, 15) is 18.3 Å². The number of nitrogens with one attached hydrogen (secondary N) is 2. The van der Waals surface area contributed by atoms with E-state index in [-0.39, 0.29) is 0 Å². The third-order valence-electron chi connectivity index (χ3n) is 5.21. The molecule has 30 heavy (non-hydrogen) atoms. The Kier molecular flexibility index (Phi) is 5.93. The summed E-state index contributed by atoms with van der Waals surface area (Å²) in [4.78, 5) is 0. The maximum absolute atomic E-state index is 14.0. The molecule has 1 aromatic heterocycles. The zero-order valence-electron chi connectivity index (χ0n) is 16.8. The number of halogens is 4. The number of aromatic amines is 1. The van der Waals surface area contributed by atoms with Gasteiger partial charge in [0.05, 0.1) is 25.4 Å². The van der Waals surface area contributed by atoms with E-state index >= 15 is 0 Å². The second-order valence-electron chi connectivity index (χ2n) is 7.92. The molecule has 9 heteroatoms. The number of ether oxygens (including phenoxy) is 1. The lowest BCUT2D eigenvalue weighted by Crippen LogP contribution is -2.53. The third kappa shape index (κ3) is 4.34. The van der Waals surface area contributed by atoms with Gasteiger partial charge in [0.15, 0.2) is 5.60 Å². The predicted octanol–water partition coefficient (Wildman–Crippen LogP) is 5.30. The van der Waals surface area contributed by atoms with Crippen LogP contribution >= 0.6 is 11.6 Å². The van der Waals surface area contributed by atoms with E-state index in [0.717, 1.165) is 0 Å². The van der Waals surface area contributed by atoms with Crippen molar-refractivity contribution in [1.29, 1.82) is 0 Å². The summed E-state index contributed by atoms with van der Waals surface area (Å²) in [7, 11) is 1.44. The first-order valence-electron chi connectivity index (χ1n) is 9.26. The molecule has 3 rings (SSSR count). The van der Waals surface area contributed by atoms with Crippen LogP contribution in [0, 0.1) is 0 Å². The minimum atomic E-state index is -4.87. The maximum Gasteiger partial charge on any atom is 0.418 e. The van der Waals surface area contributed by atoms with Crippen LogP contribution in [0.25, 0.3) is 10.9 Å². The van der Waals surface area contributed by atoms with Crippen LogP contribution in [0.4, 0.5) is 18.9 Å². The molecule has 1 atom stereocenters. The van der Waals surface area contributed by atoms with E-state index in [1.807, 2.05) is 0 Å². The highest BCUT2D eigenvalue weighted by Gasteiger charge is 2.56. The summed E-state index contributed by atoms with van der Waals surface area (Å²) in [6, 6.07) is 9.86. The van der Waals surface area contributed by atoms with Crippen LogP contribution in [-0.4, -0.2) is 40.7 Å². The molecule has 162 valence electrons. The number of hydrogen-bond acceptors (Lipinski definition) is 4. The van der Waals surface area contributed by atoms with Crippen LogP contribution in [0.1, 0.15) is 25.8 Å². The first-order valence-corrected chi connectivity index (χ1v) is 9.64. The molecule has 0 aliphatic heterocycles. The Morgan fingerprint density at radius 2 is 1.93 bits per heavy atom. The van der Waals surface area contributed by atoms with Crippen molar-refractivity contribution in [3.05, 3.63) is 53.2 Å². The fraction of sp³-hybridized carbons (Fsp3) is 0.381. The predicted molar refractivity (Wildman–Crippen MR) is 111 cm³/mol. The number of benzene rings is 2. The highest BCUT2D eigenvalue weighted by atomic mass is 35.5. The lowest BCUT2D eigenvalue weighted by Gasteiger charge is -2.38. The van der Waals surface area contributed by atoms with Gasteiger partial charge in [0.2, 0.25) is 0 Å². The molecular weight excluding hydrogens is 419 g/mol. The van der Waals surface area contributed by atoms with Gasteiger partial charge in [-0.1, -0.05) is 31.5 Å². The molecule has 0 spiro atoms. The van der Waals surface area contributed by atoms with Gasteiger partial charge < -0.3 is 15.2 Å². The summed E-state index contributed by atoms with van der Waals surface area (Å²) >= 11 is 6.07. The van der Waals surface area contributed by atoms with Gasteiger partial charge in [-0.3, -0.25) is 5.10 Å². The average molecular weight is 442 g/mol. The molecule has 2 aromatic carbocycles. The Morgan fingerprint density at radius 3 is 2.60 bits per heavy atom. The van der Waals surface area contributed by atoms with E-state index in [1.54, 1.807) is 50.2 Å². The van der Waals surface area contributed by atoms with Gasteiger partial charge in [-0.15, -0.1) is 0 Å². The first kappa shape index (κ1) is 22.2. The zero-order valence-corrected chi connectivity index (χ0v) is 17.5. The average Bonchev–Trinajstić information content (AvgIpc) is 3.14. The van der Waals surface area contributed by atoms with Gasteiger partial charge in [-0.25, -0.2) is 0 Å². The monoisotopic (exact) mass is 441 g/mol. The molecule has 0 bridgehead atoms. The molecular formula is C21H23ClF3N3O2. The normalized spacial score (nSPS) is 14.5. The number of rotatable bonds is 7. The minimum absolute atomic E-state index is 0.374. The molecule has 0 amide bonds.